The van der Waals surface area contributed by atoms with Gasteiger partial charge in [-0.15, -0.1) is 0 Å². The van der Waals surface area contributed by atoms with Crippen LogP contribution in [0.1, 0.15) is 24.0 Å². The standard InChI is InChI=1S/C23H24N4O/c1-24-21-9-5-3-7-19(21)17-26-13-11-23(12-14-26)27(15-16-28-23)18-20-8-4-6-10-22(20)25-2/h3-10H,11-18H2. The maximum absolute atomic E-state index is 7.41. The summed E-state index contributed by atoms with van der Waals surface area (Å²) in [5, 5.41) is 0. The molecular weight excluding hydrogens is 348 g/mol. The third kappa shape index (κ3) is 3.66. The van der Waals surface area contributed by atoms with E-state index >= 15 is 0 Å². The summed E-state index contributed by atoms with van der Waals surface area (Å²) in [6.45, 7) is 19.9. The van der Waals surface area contributed by atoms with Gasteiger partial charge in [0.05, 0.1) is 19.8 Å². The molecule has 2 aromatic rings. The first-order valence-electron chi connectivity index (χ1n) is 9.76. The Bertz CT molecular complexity index is 919. The molecule has 2 aliphatic heterocycles. The molecule has 4 rings (SSSR count). The minimum Gasteiger partial charge on any atom is -0.359 e. The van der Waals surface area contributed by atoms with Gasteiger partial charge < -0.3 is 4.74 Å². The van der Waals surface area contributed by atoms with Crippen molar-refractivity contribution >= 4 is 11.4 Å². The first-order chi connectivity index (χ1) is 13.7. The van der Waals surface area contributed by atoms with Gasteiger partial charge in [0.1, 0.15) is 5.72 Å². The maximum atomic E-state index is 7.41. The van der Waals surface area contributed by atoms with Crippen LogP contribution >= 0.6 is 0 Å². The zero-order chi connectivity index (χ0) is 19.4. The third-order valence-electron chi connectivity index (χ3n) is 5.92. The number of ether oxygens (including phenoxy) is 1. The average Bonchev–Trinajstić information content (AvgIpc) is 3.12. The van der Waals surface area contributed by atoms with Gasteiger partial charge in [0.2, 0.25) is 0 Å². The highest BCUT2D eigenvalue weighted by Gasteiger charge is 2.44. The lowest BCUT2D eigenvalue weighted by Gasteiger charge is -2.44. The zero-order valence-electron chi connectivity index (χ0n) is 16.0. The van der Waals surface area contributed by atoms with Gasteiger partial charge in [0.15, 0.2) is 11.4 Å². The highest BCUT2D eigenvalue weighted by Crippen LogP contribution is 2.37. The second kappa shape index (κ2) is 8.12. The van der Waals surface area contributed by atoms with Gasteiger partial charge in [-0.3, -0.25) is 9.80 Å². The summed E-state index contributed by atoms with van der Waals surface area (Å²) in [6, 6.07) is 15.7. The van der Waals surface area contributed by atoms with Crippen molar-refractivity contribution in [1.82, 2.24) is 9.80 Å². The van der Waals surface area contributed by atoms with Crippen molar-refractivity contribution in [2.45, 2.75) is 31.7 Å². The lowest BCUT2D eigenvalue weighted by molar-refractivity contribution is -0.123. The van der Waals surface area contributed by atoms with Crippen molar-refractivity contribution in [2.24, 2.45) is 0 Å². The topological polar surface area (TPSA) is 24.4 Å². The van der Waals surface area contributed by atoms with Crippen molar-refractivity contribution < 1.29 is 4.74 Å². The van der Waals surface area contributed by atoms with Gasteiger partial charge in [-0.25, -0.2) is 9.69 Å². The molecule has 0 saturated carbocycles. The molecule has 0 amide bonds. The van der Waals surface area contributed by atoms with Crippen LogP contribution in [0.5, 0.6) is 0 Å². The Morgan fingerprint density at radius 1 is 0.821 bits per heavy atom. The van der Waals surface area contributed by atoms with E-state index in [-0.39, 0.29) is 5.72 Å². The smallest absolute Gasteiger partial charge is 0.191 e. The molecule has 0 bridgehead atoms. The first-order valence-corrected chi connectivity index (χ1v) is 9.76. The van der Waals surface area contributed by atoms with Gasteiger partial charge in [-0.2, -0.15) is 0 Å². The molecule has 5 heteroatoms. The minimum atomic E-state index is -0.217. The maximum Gasteiger partial charge on any atom is 0.191 e. The van der Waals surface area contributed by atoms with Crippen molar-refractivity contribution in [1.29, 1.82) is 0 Å². The molecule has 0 aliphatic carbocycles. The highest BCUT2D eigenvalue weighted by molar-refractivity contribution is 5.52. The zero-order valence-corrected chi connectivity index (χ0v) is 16.0. The fraction of sp³-hybridized carbons (Fsp3) is 0.391. The van der Waals surface area contributed by atoms with Crippen molar-refractivity contribution in [3.05, 3.63) is 82.5 Å². The predicted molar refractivity (Wildman–Crippen MR) is 109 cm³/mol. The molecule has 2 aliphatic rings. The summed E-state index contributed by atoms with van der Waals surface area (Å²) in [4.78, 5) is 12.2. The summed E-state index contributed by atoms with van der Waals surface area (Å²) in [7, 11) is 0. The lowest BCUT2D eigenvalue weighted by atomic mass is 9.97. The molecule has 1 spiro atoms. The summed E-state index contributed by atoms with van der Waals surface area (Å²) in [5.41, 5.74) is 3.44. The van der Waals surface area contributed by atoms with E-state index in [2.05, 4.69) is 31.6 Å². The first kappa shape index (κ1) is 18.7. The Balaban J connectivity index is 1.43. The minimum absolute atomic E-state index is 0.217. The summed E-state index contributed by atoms with van der Waals surface area (Å²) in [5.74, 6) is 0. The second-order valence-corrected chi connectivity index (χ2v) is 7.47. The molecule has 2 heterocycles. The summed E-state index contributed by atoms with van der Waals surface area (Å²) in [6.07, 6.45) is 1.90. The van der Waals surface area contributed by atoms with Crippen LogP contribution < -0.4 is 0 Å². The average molecular weight is 372 g/mol. The molecule has 2 saturated heterocycles. The van der Waals surface area contributed by atoms with Crippen LogP contribution in [0.2, 0.25) is 0 Å². The molecule has 0 radical (unpaired) electrons. The lowest BCUT2D eigenvalue weighted by Crippen LogP contribution is -2.52. The van der Waals surface area contributed by atoms with Crippen LogP contribution in [0, 0.1) is 13.1 Å². The van der Waals surface area contributed by atoms with Crippen molar-refractivity contribution in [3.8, 4) is 0 Å². The van der Waals surface area contributed by atoms with E-state index in [0.717, 1.165) is 74.7 Å². The predicted octanol–water partition coefficient (Wildman–Crippen LogP) is 4.61. The third-order valence-corrected chi connectivity index (χ3v) is 5.92. The molecule has 0 N–H and O–H groups in total. The summed E-state index contributed by atoms with van der Waals surface area (Å²) >= 11 is 0. The van der Waals surface area contributed by atoms with Gasteiger partial charge in [0, 0.05) is 45.6 Å². The number of nitrogens with zero attached hydrogens (tertiary/aromatic N) is 4. The molecule has 0 aromatic heterocycles. The van der Waals surface area contributed by atoms with E-state index < -0.39 is 0 Å². The number of hydrogen-bond donors (Lipinski definition) is 0. The molecule has 0 unspecified atom stereocenters. The fourth-order valence-corrected chi connectivity index (χ4v) is 4.34. The number of para-hydroxylation sites is 2. The highest BCUT2D eigenvalue weighted by atomic mass is 16.5. The Hall–Kier alpha value is -2.70. The number of benzene rings is 2. The van der Waals surface area contributed by atoms with E-state index in [1.165, 1.54) is 0 Å². The van der Waals surface area contributed by atoms with E-state index in [4.69, 9.17) is 17.9 Å². The normalized spacial score (nSPS) is 19.4. The SMILES string of the molecule is [C-]#[N+]c1ccccc1CN1CCC2(CC1)OCCN2Cc1ccccc1[N+]#[C-]. The molecule has 5 nitrogen and oxygen atoms in total. The van der Waals surface area contributed by atoms with Crippen LogP contribution in [-0.4, -0.2) is 41.8 Å². The molecule has 2 fully saturated rings. The second-order valence-electron chi connectivity index (χ2n) is 7.47. The van der Waals surface area contributed by atoms with E-state index in [1.54, 1.807) is 0 Å². The number of hydrogen-bond acceptors (Lipinski definition) is 3. The largest absolute Gasteiger partial charge is 0.359 e. The molecule has 2 aromatic carbocycles. The molecular formula is C23H24N4O. The molecule has 142 valence electrons. The molecule has 0 atom stereocenters. The number of likely N-dealkylation sites (tertiary alicyclic amines) is 1. The van der Waals surface area contributed by atoms with Gasteiger partial charge in [-0.05, 0) is 11.1 Å². The Kier molecular flexibility index (Phi) is 5.41. The van der Waals surface area contributed by atoms with Crippen molar-refractivity contribution in [3.63, 3.8) is 0 Å². The van der Waals surface area contributed by atoms with E-state index in [0.29, 0.717) is 0 Å². The Morgan fingerprint density at radius 3 is 2.00 bits per heavy atom. The number of rotatable bonds is 4. The monoisotopic (exact) mass is 372 g/mol. The quantitative estimate of drug-likeness (QED) is 0.733. The van der Waals surface area contributed by atoms with Crippen LogP contribution in [-0.2, 0) is 17.8 Å². The molecule has 28 heavy (non-hydrogen) atoms. The Morgan fingerprint density at radius 2 is 1.39 bits per heavy atom. The van der Waals surface area contributed by atoms with E-state index in [9.17, 15) is 0 Å². The van der Waals surface area contributed by atoms with Gasteiger partial charge >= 0.3 is 0 Å². The van der Waals surface area contributed by atoms with Crippen LogP contribution in [0.15, 0.2) is 48.5 Å². The Labute approximate surface area is 166 Å². The van der Waals surface area contributed by atoms with E-state index in [1.807, 2.05) is 36.4 Å². The summed E-state index contributed by atoms with van der Waals surface area (Å²) < 4.78 is 6.26. The van der Waals surface area contributed by atoms with Gasteiger partial charge in [0.25, 0.3) is 0 Å². The number of piperidine rings is 1. The van der Waals surface area contributed by atoms with Crippen LogP contribution in [0.25, 0.3) is 9.69 Å². The fourth-order valence-electron chi connectivity index (χ4n) is 4.34. The van der Waals surface area contributed by atoms with Crippen LogP contribution in [0.4, 0.5) is 11.4 Å². The van der Waals surface area contributed by atoms with Gasteiger partial charge in [-0.1, -0.05) is 48.5 Å². The van der Waals surface area contributed by atoms with Crippen molar-refractivity contribution in [2.75, 3.05) is 26.2 Å². The van der Waals surface area contributed by atoms with Crippen LogP contribution in [0.3, 0.4) is 0 Å².